The van der Waals surface area contributed by atoms with Crippen molar-refractivity contribution in [3.63, 3.8) is 0 Å². The Labute approximate surface area is 202 Å². The molecular formula is C26H31N3O4S. The van der Waals surface area contributed by atoms with Gasteiger partial charge >= 0.3 is 0 Å². The Balaban J connectivity index is 1.71. The highest BCUT2D eigenvalue weighted by atomic mass is 32.2. The number of carbonyl (C=O) groups is 1. The van der Waals surface area contributed by atoms with Gasteiger partial charge < -0.3 is 15.0 Å². The molecule has 0 aliphatic heterocycles. The maximum atomic E-state index is 12.7. The first-order valence-electron chi connectivity index (χ1n) is 11.2. The average Bonchev–Trinajstić information content (AvgIpc) is 2.83. The van der Waals surface area contributed by atoms with E-state index >= 15 is 0 Å². The Morgan fingerprint density at radius 1 is 0.882 bits per heavy atom. The summed E-state index contributed by atoms with van der Waals surface area (Å²) in [5.74, 6) is 0.507. The van der Waals surface area contributed by atoms with Crippen LogP contribution in [0.1, 0.15) is 19.4 Å². The van der Waals surface area contributed by atoms with Gasteiger partial charge in [0.2, 0.25) is 15.9 Å². The van der Waals surface area contributed by atoms with Gasteiger partial charge in [-0.15, -0.1) is 0 Å². The van der Waals surface area contributed by atoms with E-state index in [4.69, 9.17) is 4.74 Å². The molecule has 3 rings (SSSR count). The van der Waals surface area contributed by atoms with Crippen LogP contribution in [0.2, 0.25) is 0 Å². The monoisotopic (exact) mass is 481 g/mol. The summed E-state index contributed by atoms with van der Waals surface area (Å²) in [7, 11) is -3.74. The van der Waals surface area contributed by atoms with Gasteiger partial charge in [0.05, 0.1) is 11.9 Å². The fraction of sp³-hybridized carbons (Fsp3) is 0.269. The molecule has 0 atom stereocenters. The van der Waals surface area contributed by atoms with Crippen LogP contribution in [-0.2, 0) is 21.4 Å². The van der Waals surface area contributed by atoms with E-state index in [2.05, 4.69) is 24.1 Å². The van der Waals surface area contributed by atoms with Crippen LogP contribution in [-0.4, -0.2) is 40.2 Å². The molecule has 0 saturated heterocycles. The fourth-order valence-corrected chi connectivity index (χ4v) is 4.41. The first-order valence-corrected chi connectivity index (χ1v) is 13.1. The quantitative estimate of drug-likeness (QED) is 0.439. The third-order valence-corrected chi connectivity index (χ3v) is 6.47. The second-order valence-electron chi connectivity index (χ2n) is 7.77. The van der Waals surface area contributed by atoms with E-state index in [0.717, 1.165) is 34.9 Å². The van der Waals surface area contributed by atoms with Gasteiger partial charge in [-0.1, -0.05) is 42.5 Å². The Bertz CT molecular complexity index is 1180. The molecule has 34 heavy (non-hydrogen) atoms. The molecular weight excluding hydrogens is 450 g/mol. The molecule has 7 nitrogen and oxygen atoms in total. The van der Waals surface area contributed by atoms with Crippen LogP contribution in [0.5, 0.6) is 11.5 Å². The predicted molar refractivity (Wildman–Crippen MR) is 137 cm³/mol. The van der Waals surface area contributed by atoms with Crippen molar-refractivity contribution in [1.82, 2.24) is 5.32 Å². The topological polar surface area (TPSA) is 79.0 Å². The van der Waals surface area contributed by atoms with E-state index in [1.807, 2.05) is 42.5 Å². The van der Waals surface area contributed by atoms with Crippen molar-refractivity contribution in [3.8, 4) is 11.5 Å². The molecule has 8 heteroatoms. The number of sulfonamides is 1. The highest BCUT2D eigenvalue weighted by Gasteiger charge is 2.24. The molecule has 1 amide bonds. The smallest absolute Gasteiger partial charge is 0.241 e. The lowest BCUT2D eigenvalue weighted by Crippen LogP contribution is -2.40. The van der Waals surface area contributed by atoms with Crippen LogP contribution >= 0.6 is 0 Å². The standard InChI is InChI=1S/C26H31N3O4S/c1-4-28(5-2)22-17-15-21(16-18-22)19-27-26(30)20-29(34(3,31)32)24-13-9-10-14-25(24)33-23-11-7-6-8-12-23/h6-18H,4-5,19-20H2,1-3H3,(H,27,30). The molecule has 1 N–H and O–H groups in total. The molecule has 0 saturated carbocycles. The van der Waals surface area contributed by atoms with Gasteiger partial charge in [0.25, 0.3) is 0 Å². The van der Waals surface area contributed by atoms with E-state index in [1.165, 1.54) is 0 Å². The maximum Gasteiger partial charge on any atom is 0.241 e. The Morgan fingerprint density at radius 3 is 2.12 bits per heavy atom. The van der Waals surface area contributed by atoms with E-state index in [1.54, 1.807) is 36.4 Å². The molecule has 0 aliphatic rings. The van der Waals surface area contributed by atoms with E-state index < -0.39 is 15.9 Å². The number of anilines is 2. The third-order valence-electron chi connectivity index (χ3n) is 5.35. The van der Waals surface area contributed by atoms with Crippen molar-refractivity contribution in [3.05, 3.63) is 84.4 Å². The number of hydrogen-bond acceptors (Lipinski definition) is 5. The second-order valence-corrected chi connectivity index (χ2v) is 9.67. The van der Waals surface area contributed by atoms with Crippen LogP contribution < -0.4 is 19.3 Å². The maximum absolute atomic E-state index is 12.7. The van der Waals surface area contributed by atoms with Gasteiger partial charge in [0.1, 0.15) is 12.3 Å². The highest BCUT2D eigenvalue weighted by Crippen LogP contribution is 2.33. The zero-order valence-electron chi connectivity index (χ0n) is 19.8. The highest BCUT2D eigenvalue weighted by molar-refractivity contribution is 7.92. The Kier molecular flexibility index (Phi) is 8.54. The SMILES string of the molecule is CCN(CC)c1ccc(CNC(=O)CN(c2ccccc2Oc2ccccc2)S(C)(=O)=O)cc1. The normalized spacial score (nSPS) is 11.0. The minimum absolute atomic E-state index is 0.299. The predicted octanol–water partition coefficient (Wildman–Crippen LogP) is 4.41. The lowest BCUT2D eigenvalue weighted by molar-refractivity contribution is -0.119. The number of hydrogen-bond donors (Lipinski definition) is 1. The summed E-state index contributed by atoms with van der Waals surface area (Å²) < 4.78 is 32.1. The average molecular weight is 482 g/mol. The van der Waals surface area contributed by atoms with Crippen molar-refractivity contribution >= 4 is 27.3 Å². The van der Waals surface area contributed by atoms with Crippen molar-refractivity contribution in [1.29, 1.82) is 0 Å². The summed E-state index contributed by atoms with van der Waals surface area (Å²) in [5, 5.41) is 2.82. The Morgan fingerprint density at radius 2 is 1.50 bits per heavy atom. The minimum atomic E-state index is -3.74. The number of carbonyl (C=O) groups excluding carboxylic acids is 1. The number of benzene rings is 3. The van der Waals surface area contributed by atoms with Crippen LogP contribution in [0.3, 0.4) is 0 Å². The summed E-state index contributed by atoms with van der Waals surface area (Å²) in [4.78, 5) is 15.0. The third kappa shape index (κ3) is 6.74. The van der Waals surface area contributed by atoms with Gasteiger partial charge in [0.15, 0.2) is 5.75 Å². The van der Waals surface area contributed by atoms with E-state index in [0.29, 0.717) is 23.7 Å². The molecule has 0 aromatic heterocycles. The fourth-order valence-electron chi connectivity index (χ4n) is 3.55. The summed E-state index contributed by atoms with van der Waals surface area (Å²) in [5.41, 5.74) is 2.36. The van der Waals surface area contributed by atoms with Crippen LogP contribution in [0.25, 0.3) is 0 Å². The molecule has 0 bridgehead atoms. The van der Waals surface area contributed by atoms with Gasteiger partial charge in [-0.2, -0.15) is 0 Å². The molecule has 0 heterocycles. The van der Waals surface area contributed by atoms with Crippen LogP contribution in [0.15, 0.2) is 78.9 Å². The van der Waals surface area contributed by atoms with Gasteiger partial charge in [0, 0.05) is 25.3 Å². The molecule has 180 valence electrons. The Hall–Kier alpha value is -3.52. The van der Waals surface area contributed by atoms with Gasteiger partial charge in [-0.05, 0) is 55.8 Å². The first-order chi connectivity index (χ1) is 16.3. The number of nitrogens with zero attached hydrogens (tertiary/aromatic N) is 2. The minimum Gasteiger partial charge on any atom is -0.455 e. The largest absolute Gasteiger partial charge is 0.455 e. The molecule has 0 spiro atoms. The zero-order valence-corrected chi connectivity index (χ0v) is 20.6. The number of rotatable bonds is 11. The van der Waals surface area contributed by atoms with Crippen molar-refractivity contribution in [2.24, 2.45) is 0 Å². The number of nitrogens with one attached hydrogen (secondary N) is 1. The van der Waals surface area contributed by atoms with Gasteiger partial charge in [-0.3, -0.25) is 9.10 Å². The second kappa shape index (κ2) is 11.6. The molecule has 0 radical (unpaired) electrons. The zero-order chi connectivity index (χ0) is 24.6. The summed E-state index contributed by atoms with van der Waals surface area (Å²) in [6.45, 7) is 6.00. The lowest BCUT2D eigenvalue weighted by atomic mass is 10.2. The molecule has 3 aromatic rings. The molecule has 0 fully saturated rings. The lowest BCUT2D eigenvalue weighted by Gasteiger charge is -2.24. The van der Waals surface area contributed by atoms with Crippen molar-refractivity contribution in [2.45, 2.75) is 20.4 Å². The number of amides is 1. The number of para-hydroxylation sites is 3. The number of ether oxygens (including phenoxy) is 1. The summed E-state index contributed by atoms with van der Waals surface area (Å²) in [6, 6.07) is 23.8. The van der Waals surface area contributed by atoms with Crippen LogP contribution in [0.4, 0.5) is 11.4 Å². The first kappa shape index (κ1) is 25.1. The van der Waals surface area contributed by atoms with Crippen LogP contribution in [0, 0.1) is 0 Å². The van der Waals surface area contributed by atoms with E-state index in [9.17, 15) is 13.2 Å². The summed E-state index contributed by atoms with van der Waals surface area (Å²) >= 11 is 0. The molecule has 3 aromatic carbocycles. The molecule has 0 aliphatic carbocycles. The van der Waals surface area contributed by atoms with E-state index in [-0.39, 0.29) is 6.54 Å². The van der Waals surface area contributed by atoms with Crippen molar-refractivity contribution < 1.29 is 17.9 Å². The molecule has 0 unspecified atom stereocenters. The van der Waals surface area contributed by atoms with Crippen molar-refractivity contribution in [2.75, 3.05) is 35.1 Å². The van der Waals surface area contributed by atoms with Gasteiger partial charge in [-0.25, -0.2) is 8.42 Å². The summed E-state index contributed by atoms with van der Waals surface area (Å²) in [6.07, 6.45) is 1.07.